The van der Waals surface area contributed by atoms with Gasteiger partial charge in [0.1, 0.15) is 5.52 Å². The zero-order chi connectivity index (χ0) is 19.2. The molecule has 0 aliphatic carbocycles. The van der Waals surface area contributed by atoms with Gasteiger partial charge in [0.15, 0.2) is 5.65 Å². The number of pyridine rings is 1. The topological polar surface area (TPSA) is 52.3 Å². The molecule has 0 saturated carbocycles. The summed E-state index contributed by atoms with van der Waals surface area (Å²) in [6, 6.07) is 11.4. The Labute approximate surface area is 159 Å². The summed E-state index contributed by atoms with van der Waals surface area (Å²) in [5.41, 5.74) is 3.47. The fourth-order valence-corrected chi connectivity index (χ4v) is 2.79. The van der Waals surface area contributed by atoms with Crippen LogP contribution in [0.5, 0.6) is 0 Å². The molecule has 0 unspecified atom stereocenters. The fraction of sp³-hybridized carbons (Fsp3) is 0.238. The van der Waals surface area contributed by atoms with Gasteiger partial charge >= 0.3 is 5.97 Å². The standard InChI is InChI=1S/C21H24N4O2/c1-4-27-21(26)17-10-12-18(13-11-17)25-20-19(9-8-14-22-20)24(25)16-7-5-6-15-23(2)3/h5-15H,4,16H2,1-3H3/b7-5-,15-6-. The molecule has 3 aromatic rings. The lowest BCUT2D eigenvalue weighted by Crippen LogP contribution is -2.22. The monoisotopic (exact) mass is 364 g/mol. The summed E-state index contributed by atoms with van der Waals surface area (Å²) >= 11 is 0. The predicted octanol–water partition coefficient (Wildman–Crippen LogP) is 3.64. The highest BCUT2D eigenvalue weighted by Crippen LogP contribution is 2.23. The molecule has 1 aromatic carbocycles. The number of carbonyl (C=O) groups is 1. The molecule has 0 spiro atoms. The quantitative estimate of drug-likeness (QED) is 0.474. The first-order valence-corrected chi connectivity index (χ1v) is 8.91. The molecule has 140 valence electrons. The molecule has 0 N–H and O–H groups in total. The Morgan fingerprint density at radius 2 is 1.96 bits per heavy atom. The SMILES string of the molecule is CCOC(=O)c1ccc(-n2c3ncccc3n2C/C=C\C=C/N(C)C)cc1. The molecule has 0 amide bonds. The average Bonchev–Trinajstić information content (AvgIpc) is 2.65. The van der Waals surface area contributed by atoms with Gasteiger partial charge in [-0.15, -0.1) is 0 Å². The average molecular weight is 364 g/mol. The van der Waals surface area contributed by atoms with Crippen LogP contribution in [0.4, 0.5) is 0 Å². The lowest BCUT2D eigenvalue weighted by molar-refractivity contribution is 0.0526. The normalized spacial score (nSPS) is 11.7. The van der Waals surface area contributed by atoms with Gasteiger partial charge in [0, 0.05) is 20.3 Å². The van der Waals surface area contributed by atoms with Gasteiger partial charge in [-0.25, -0.2) is 14.5 Å². The maximum absolute atomic E-state index is 11.8. The number of hydrogen-bond donors (Lipinski definition) is 0. The summed E-state index contributed by atoms with van der Waals surface area (Å²) in [7, 11) is 3.98. The highest BCUT2D eigenvalue weighted by atomic mass is 16.5. The molecular weight excluding hydrogens is 340 g/mol. The van der Waals surface area contributed by atoms with Gasteiger partial charge in [-0.3, -0.25) is 4.68 Å². The van der Waals surface area contributed by atoms with Crippen molar-refractivity contribution in [3.63, 3.8) is 0 Å². The molecule has 3 rings (SSSR count). The first-order valence-electron chi connectivity index (χ1n) is 8.91. The molecule has 0 fully saturated rings. The third-order valence-electron chi connectivity index (χ3n) is 4.02. The van der Waals surface area contributed by atoms with Gasteiger partial charge in [0.2, 0.25) is 0 Å². The number of benzene rings is 1. The van der Waals surface area contributed by atoms with Crippen LogP contribution in [0, 0.1) is 0 Å². The van der Waals surface area contributed by atoms with Crippen molar-refractivity contribution >= 4 is 17.1 Å². The second-order valence-corrected chi connectivity index (χ2v) is 6.24. The largest absolute Gasteiger partial charge is 0.462 e. The van der Waals surface area contributed by atoms with E-state index in [0.717, 1.165) is 23.4 Å². The van der Waals surface area contributed by atoms with Crippen LogP contribution in [0.1, 0.15) is 17.3 Å². The van der Waals surface area contributed by atoms with Gasteiger partial charge < -0.3 is 9.64 Å². The number of rotatable bonds is 7. The minimum Gasteiger partial charge on any atom is -0.462 e. The smallest absolute Gasteiger partial charge is 0.338 e. The summed E-state index contributed by atoms with van der Waals surface area (Å²) in [6.07, 6.45) is 9.90. The van der Waals surface area contributed by atoms with E-state index in [2.05, 4.69) is 21.8 Å². The van der Waals surface area contributed by atoms with E-state index >= 15 is 0 Å². The molecule has 0 radical (unpaired) electrons. The molecule has 2 heterocycles. The predicted molar refractivity (Wildman–Crippen MR) is 107 cm³/mol. The van der Waals surface area contributed by atoms with Crippen molar-refractivity contribution in [1.82, 2.24) is 19.2 Å². The van der Waals surface area contributed by atoms with Crippen LogP contribution in [-0.2, 0) is 11.3 Å². The van der Waals surface area contributed by atoms with Crippen LogP contribution in [0.2, 0.25) is 0 Å². The van der Waals surface area contributed by atoms with Crippen molar-refractivity contribution in [3.05, 3.63) is 72.6 Å². The van der Waals surface area contributed by atoms with Gasteiger partial charge in [0.05, 0.1) is 24.4 Å². The van der Waals surface area contributed by atoms with Crippen molar-refractivity contribution in [3.8, 4) is 5.69 Å². The van der Waals surface area contributed by atoms with Gasteiger partial charge in [-0.1, -0.05) is 12.2 Å². The lowest BCUT2D eigenvalue weighted by Gasteiger charge is -2.25. The number of fused-ring (bicyclic) bond motifs is 1. The van der Waals surface area contributed by atoms with Crippen LogP contribution < -0.4 is 0 Å². The molecule has 2 aromatic heterocycles. The zero-order valence-electron chi connectivity index (χ0n) is 15.9. The van der Waals surface area contributed by atoms with Crippen molar-refractivity contribution in [2.45, 2.75) is 13.5 Å². The van der Waals surface area contributed by atoms with Crippen LogP contribution in [0.3, 0.4) is 0 Å². The number of nitrogens with zero attached hydrogens (tertiary/aromatic N) is 4. The van der Waals surface area contributed by atoms with Crippen molar-refractivity contribution in [2.24, 2.45) is 0 Å². The summed E-state index contributed by atoms with van der Waals surface area (Å²) in [5, 5.41) is 0. The number of aromatic nitrogens is 3. The van der Waals surface area contributed by atoms with Crippen molar-refractivity contribution in [1.29, 1.82) is 0 Å². The number of carbonyl (C=O) groups excluding carboxylic acids is 1. The summed E-state index contributed by atoms with van der Waals surface area (Å²) in [4.78, 5) is 18.3. The summed E-state index contributed by atoms with van der Waals surface area (Å²) < 4.78 is 9.23. The number of allylic oxidation sites excluding steroid dienone is 3. The first kappa shape index (κ1) is 18.5. The van der Waals surface area contributed by atoms with Crippen molar-refractivity contribution in [2.75, 3.05) is 20.7 Å². The lowest BCUT2D eigenvalue weighted by atomic mass is 10.2. The molecule has 0 aliphatic heterocycles. The van der Waals surface area contributed by atoms with E-state index in [9.17, 15) is 4.79 Å². The van der Waals surface area contributed by atoms with E-state index in [0.29, 0.717) is 12.2 Å². The fourth-order valence-electron chi connectivity index (χ4n) is 2.79. The number of esters is 1. The molecule has 0 bridgehead atoms. The van der Waals surface area contributed by atoms with E-state index in [1.165, 1.54) is 0 Å². The summed E-state index contributed by atoms with van der Waals surface area (Å²) in [6.45, 7) is 2.89. The van der Waals surface area contributed by atoms with E-state index < -0.39 is 0 Å². The highest BCUT2D eigenvalue weighted by Gasteiger charge is 2.15. The van der Waals surface area contributed by atoms with Crippen LogP contribution in [0.25, 0.3) is 16.9 Å². The highest BCUT2D eigenvalue weighted by molar-refractivity contribution is 5.89. The molecule has 6 nitrogen and oxygen atoms in total. The second-order valence-electron chi connectivity index (χ2n) is 6.24. The molecule has 6 heteroatoms. The third kappa shape index (κ3) is 4.11. The van der Waals surface area contributed by atoms with Crippen LogP contribution in [-0.4, -0.2) is 45.9 Å². The zero-order valence-corrected chi connectivity index (χ0v) is 15.9. The Balaban J connectivity index is 1.87. The van der Waals surface area contributed by atoms with E-state index in [1.807, 2.05) is 60.2 Å². The second kappa shape index (κ2) is 8.40. The Hall–Kier alpha value is -3.28. The maximum atomic E-state index is 11.8. The Morgan fingerprint density at radius 1 is 1.19 bits per heavy atom. The minimum atomic E-state index is -0.307. The Bertz CT molecular complexity index is 962. The number of hydrogen-bond acceptors (Lipinski definition) is 4. The van der Waals surface area contributed by atoms with Crippen molar-refractivity contribution < 1.29 is 9.53 Å². The molecule has 0 atom stereocenters. The molecule has 0 aliphatic rings. The Morgan fingerprint density at radius 3 is 2.67 bits per heavy atom. The van der Waals surface area contributed by atoms with Gasteiger partial charge in [-0.05, 0) is 55.6 Å². The van der Waals surface area contributed by atoms with Crippen LogP contribution in [0.15, 0.2) is 67.0 Å². The minimum absolute atomic E-state index is 0.307. The van der Waals surface area contributed by atoms with E-state index in [4.69, 9.17) is 4.74 Å². The molecular formula is C21H24N4O2. The van der Waals surface area contributed by atoms with E-state index in [-0.39, 0.29) is 5.97 Å². The van der Waals surface area contributed by atoms with Gasteiger partial charge in [-0.2, -0.15) is 0 Å². The van der Waals surface area contributed by atoms with Crippen LogP contribution >= 0.6 is 0 Å². The third-order valence-corrected chi connectivity index (χ3v) is 4.02. The van der Waals surface area contributed by atoms with E-state index in [1.54, 1.807) is 25.3 Å². The van der Waals surface area contributed by atoms with Gasteiger partial charge in [0.25, 0.3) is 0 Å². The molecule has 27 heavy (non-hydrogen) atoms. The summed E-state index contributed by atoms with van der Waals surface area (Å²) in [5.74, 6) is -0.307. The number of ether oxygens (including phenoxy) is 1. The first-order chi connectivity index (χ1) is 13.1. The Kier molecular flexibility index (Phi) is 5.76. The molecule has 0 saturated heterocycles. The maximum Gasteiger partial charge on any atom is 0.338 e.